The average Bonchev–Trinajstić information content (AvgIpc) is 3.13. The van der Waals surface area contributed by atoms with Gasteiger partial charge in [0.25, 0.3) is 0 Å². The Morgan fingerprint density at radius 1 is 0.429 bits per heavy atom. The van der Waals surface area contributed by atoms with Crippen LogP contribution in [-0.2, 0) is 4.74 Å². The van der Waals surface area contributed by atoms with Gasteiger partial charge in [0, 0.05) is 23.3 Å². The minimum Gasteiger partial charge on any atom is -0.491 e. The second kappa shape index (κ2) is 15.2. The Labute approximate surface area is 283 Å². The lowest BCUT2D eigenvalue weighted by Crippen LogP contribution is -2.16. The summed E-state index contributed by atoms with van der Waals surface area (Å²) in [6, 6.07) is 37.8. The monoisotopic (exact) mass is 662 g/mol. The molecule has 0 N–H and O–H groups in total. The molecule has 2 atom stereocenters. The lowest BCUT2D eigenvalue weighted by molar-refractivity contribution is 0.0266. The van der Waals surface area contributed by atoms with Crippen LogP contribution in [0.15, 0.2) is 133 Å². The summed E-state index contributed by atoms with van der Waals surface area (Å²) in [5.74, 6) is -3.61. The molecule has 0 radical (unpaired) electrons. The molecule has 0 heterocycles. The molecule has 248 valence electrons. The second-order valence-corrected chi connectivity index (χ2v) is 11.3. The molecule has 7 heteroatoms. The predicted octanol–water partition coefficient (Wildman–Crippen LogP) is 11.3. The first-order valence-electron chi connectivity index (χ1n) is 16.1. The van der Waals surface area contributed by atoms with Gasteiger partial charge in [-0.15, -0.1) is 0 Å². The molecule has 0 aliphatic carbocycles. The molecule has 6 aromatic carbocycles. The van der Waals surface area contributed by atoms with E-state index in [1.807, 2.05) is 84.9 Å². The molecule has 6 aromatic rings. The number of hydrogen-bond donors (Lipinski definition) is 0. The van der Waals surface area contributed by atoms with Crippen molar-refractivity contribution in [3.8, 4) is 33.8 Å². The van der Waals surface area contributed by atoms with E-state index in [1.165, 1.54) is 0 Å². The van der Waals surface area contributed by atoms with Gasteiger partial charge >= 0.3 is 0 Å². The first-order valence-corrected chi connectivity index (χ1v) is 16.1. The molecule has 6 rings (SSSR count). The quantitative estimate of drug-likeness (QED) is 0.122. The molecular weight excluding hydrogens is 628 g/mol. The molecule has 2 unspecified atom stereocenters. The van der Waals surface area contributed by atoms with Crippen molar-refractivity contribution < 1.29 is 31.8 Å². The fourth-order valence-electron chi connectivity index (χ4n) is 5.78. The third kappa shape index (κ3) is 7.53. The molecule has 0 aliphatic heterocycles. The van der Waals surface area contributed by atoms with Gasteiger partial charge < -0.3 is 14.2 Å². The summed E-state index contributed by atoms with van der Waals surface area (Å²) in [6.07, 6.45) is -2.49. The van der Waals surface area contributed by atoms with Crippen LogP contribution in [0.3, 0.4) is 0 Å². The standard InChI is InChI=1S/C42H34F4O3/c1-3-47-39-25-35(43)33(23-37(39)45)41(31-19-15-29(16-20-31)27-11-7-5-8-12-27)49-42(34-24-38(46)40(48-4-2)26-36(34)44)32-21-17-30(18-22-32)28-13-9-6-10-14-28/h5-26,41-42H,3-4H2,1-2H3. The molecule has 0 aromatic heterocycles. The fraction of sp³-hybridized carbons (Fsp3) is 0.143. The summed E-state index contributed by atoms with van der Waals surface area (Å²) >= 11 is 0. The van der Waals surface area contributed by atoms with Crippen molar-refractivity contribution in [2.45, 2.75) is 26.1 Å². The largest absolute Gasteiger partial charge is 0.491 e. The SMILES string of the molecule is CCOc1cc(F)c(C(OC(c2ccc(-c3ccccc3)cc2)c2cc(F)c(OCC)cc2F)c2ccc(-c3ccccc3)cc2)cc1F. The van der Waals surface area contributed by atoms with Crippen LogP contribution in [0.1, 0.15) is 48.3 Å². The first-order chi connectivity index (χ1) is 23.9. The van der Waals surface area contributed by atoms with Crippen molar-refractivity contribution in [2.75, 3.05) is 13.2 Å². The summed E-state index contributed by atoms with van der Waals surface area (Å²) in [7, 11) is 0. The van der Waals surface area contributed by atoms with Gasteiger partial charge in [0.1, 0.15) is 23.8 Å². The van der Waals surface area contributed by atoms with Gasteiger partial charge in [-0.05, 0) is 59.4 Å². The number of ether oxygens (including phenoxy) is 3. The molecule has 0 amide bonds. The molecule has 0 spiro atoms. The summed E-state index contributed by atoms with van der Waals surface area (Å²) in [5.41, 5.74) is 4.40. The van der Waals surface area contributed by atoms with Gasteiger partial charge in [0.05, 0.1) is 13.2 Å². The lowest BCUT2D eigenvalue weighted by Gasteiger charge is -2.28. The maximum absolute atomic E-state index is 15.9. The molecule has 0 fully saturated rings. The van der Waals surface area contributed by atoms with E-state index < -0.39 is 35.5 Å². The van der Waals surface area contributed by atoms with Gasteiger partial charge in [0.15, 0.2) is 23.1 Å². The van der Waals surface area contributed by atoms with Crippen molar-refractivity contribution in [3.05, 3.63) is 179 Å². The summed E-state index contributed by atoms with van der Waals surface area (Å²) in [4.78, 5) is 0. The molecule has 0 saturated heterocycles. The van der Waals surface area contributed by atoms with Crippen molar-refractivity contribution >= 4 is 0 Å². The van der Waals surface area contributed by atoms with Crippen molar-refractivity contribution in [3.63, 3.8) is 0 Å². The maximum atomic E-state index is 15.9. The highest BCUT2D eigenvalue weighted by Crippen LogP contribution is 2.41. The predicted molar refractivity (Wildman–Crippen MR) is 184 cm³/mol. The summed E-state index contributed by atoms with van der Waals surface area (Å²) in [5, 5.41) is 0. The van der Waals surface area contributed by atoms with Crippen LogP contribution in [-0.4, -0.2) is 13.2 Å². The normalized spacial score (nSPS) is 12.4. The smallest absolute Gasteiger partial charge is 0.165 e. The van der Waals surface area contributed by atoms with Gasteiger partial charge in [-0.2, -0.15) is 0 Å². The van der Waals surface area contributed by atoms with Crippen LogP contribution < -0.4 is 9.47 Å². The maximum Gasteiger partial charge on any atom is 0.165 e. The van der Waals surface area contributed by atoms with Crippen molar-refractivity contribution in [2.24, 2.45) is 0 Å². The van der Waals surface area contributed by atoms with E-state index in [4.69, 9.17) is 14.2 Å². The van der Waals surface area contributed by atoms with Crippen LogP contribution in [0.2, 0.25) is 0 Å². The highest BCUT2D eigenvalue weighted by atomic mass is 19.1. The Balaban J connectivity index is 1.49. The number of hydrogen-bond acceptors (Lipinski definition) is 3. The third-order valence-electron chi connectivity index (χ3n) is 8.18. The van der Waals surface area contributed by atoms with E-state index in [0.717, 1.165) is 46.5 Å². The van der Waals surface area contributed by atoms with Crippen LogP contribution >= 0.6 is 0 Å². The first kappa shape index (κ1) is 33.5. The number of benzene rings is 6. The minimum absolute atomic E-state index is 0.133. The van der Waals surface area contributed by atoms with E-state index in [9.17, 15) is 0 Å². The van der Waals surface area contributed by atoms with Crippen LogP contribution in [0.25, 0.3) is 22.3 Å². The fourth-order valence-corrected chi connectivity index (χ4v) is 5.78. The Morgan fingerprint density at radius 3 is 1.12 bits per heavy atom. The van der Waals surface area contributed by atoms with Crippen LogP contribution in [0, 0.1) is 23.3 Å². The van der Waals surface area contributed by atoms with E-state index in [0.29, 0.717) is 11.1 Å². The number of halogens is 4. The summed E-state index contributed by atoms with van der Waals surface area (Å²) in [6.45, 7) is 3.62. The van der Waals surface area contributed by atoms with E-state index in [-0.39, 0.29) is 35.8 Å². The van der Waals surface area contributed by atoms with Crippen molar-refractivity contribution in [1.29, 1.82) is 0 Å². The highest BCUT2D eigenvalue weighted by Gasteiger charge is 2.30. The third-order valence-corrected chi connectivity index (χ3v) is 8.18. The summed E-state index contributed by atoms with van der Waals surface area (Å²) < 4.78 is 79.8. The topological polar surface area (TPSA) is 27.7 Å². The molecule has 3 nitrogen and oxygen atoms in total. The Kier molecular flexibility index (Phi) is 10.4. The lowest BCUT2D eigenvalue weighted by atomic mass is 9.94. The highest BCUT2D eigenvalue weighted by molar-refractivity contribution is 5.64. The Morgan fingerprint density at radius 2 is 0.776 bits per heavy atom. The average molecular weight is 663 g/mol. The molecule has 0 saturated carbocycles. The molecule has 0 aliphatic rings. The van der Waals surface area contributed by atoms with E-state index in [1.54, 1.807) is 38.1 Å². The number of rotatable bonds is 12. The van der Waals surface area contributed by atoms with E-state index >= 15 is 17.6 Å². The zero-order valence-electron chi connectivity index (χ0n) is 27.0. The van der Waals surface area contributed by atoms with Gasteiger partial charge in [-0.3, -0.25) is 0 Å². The molecule has 0 bridgehead atoms. The van der Waals surface area contributed by atoms with Crippen LogP contribution in [0.4, 0.5) is 17.6 Å². The zero-order valence-corrected chi connectivity index (χ0v) is 27.0. The molecular formula is C42H34F4O3. The van der Waals surface area contributed by atoms with Crippen LogP contribution in [0.5, 0.6) is 11.5 Å². The van der Waals surface area contributed by atoms with Gasteiger partial charge in [-0.1, -0.05) is 109 Å². The Bertz CT molecular complexity index is 1850. The van der Waals surface area contributed by atoms with E-state index in [2.05, 4.69) is 0 Å². The zero-order chi connectivity index (χ0) is 34.3. The Hall–Kier alpha value is -5.40. The van der Waals surface area contributed by atoms with Crippen molar-refractivity contribution in [1.82, 2.24) is 0 Å². The second-order valence-electron chi connectivity index (χ2n) is 11.3. The molecule has 49 heavy (non-hydrogen) atoms. The minimum atomic E-state index is -1.25. The van der Waals surface area contributed by atoms with Gasteiger partial charge in [-0.25, -0.2) is 17.6 Å². The van der Waals surface area contributed by atoms with Gasteiger partial charge in [0.2, 0.25) is 0 Å².